The zero-order valence-corrected chi connectivity index (χ0v) is 18.4. The standard InChI is InChI=1S/C22H20ClFN2O4S/c1-26(31(28,29)18-6-4-3-5-7-18)14-16-12-15(8-11-21(16)30-2)22(27)25-17-9-10-20(24)19(23)13-17/h3-13H,14H2,1-2H3,(H,25,27). The number of amides is 1. The summed E-state index contributed by atoms with van der Waals surface area (Å²) < 4.78 is 45.5. The van der Waals surface area contributed by atoms with E-state index in [1.54, 1.807) is 36.4 Å². The highest BCUT2D eigenvalue weighted by Gasteiger charge is 2.22. The minimum atomic E-state index is -3.73. The molecule has 0 radical (unpaired) electrons. The number of methoxy groups -OCH3 is 1. The lowest BCUT2D eigenvalue weighted by Gasteiger charge is -2.19. The van der Waals surface area contributed by atoms with Crippen molar-refractivity contribution in [1.29, 1.82) is 0 Å². The quantitative estimate of drug-likeness (QED) is 0.558. The van der Waals surface area contributed by atoms with E-state index in [4.69, 9.17) is 16.3 Å². The van der Waals surface area contributed by atoms with Gasteiger partial charge in [-0.05, 0) is 48.5 Å². The Hall–Kier alpha value is -2.94. The van der Waals surface area contributed by atoms with Crippen molar-refractivity contribution in [2.45, 2.75) is 11.4 Å². The SMILES string of the molecule is COc1ccc(C(=O)Nc2ccc(F)c(Cl)c2)cc1CN(C)S(=O)(=O)c1ccccc1. The summed E-state index contributed by atoms with van der Waals surface area (Å²) in [4.78, 5) is 12.8. The third-order valence-corrected chi connectivity index (χ3v) is 6.67. The summed E-state index contributed by atoms with van der Waals surface area (Å²) in [6.07, 6.45) is 0. The minimum Gasteiger partial charge on any atom is -0.496 e. The number of nitrogens with one attached hydrogen (secondary N) is 1. The average molecular weight is 463 g/mol. The van der Waals surface area contributed by atoms with Crippen molar-refractivity contribution in [1.82, 2.24) is 4.31 Å². The number of sulfonamides is 1. The van der Waals surface area contributed by atoms with Crippen molar-refractivity contribution in [3.8, 4) is 5.75 Å². The molecule has 0 spiro atoms. The molecule has 162 valence electrons. The van der Waals surface area contributed by atoms with E-state index >= 15 is 0 Å². The molecule has 0 aliphatic carbocycles. The van der Waals surface area contributed by atoms with Crippen LogP contribution in [0.1, 0.15) is 15.9 Å². The Morgan fingerprint density at radius 1 is 1.10 bits per heavy atom. The van der Waals surface area contributed by atoms with Crippen LogP contribution in [0.5, 0.6) is 5.75 Å². The molecule has 1 amide bonds. The average Bonchev–Trinajstić information content (AvgIpc) is 2.76. The Morgan fingerprint density at radius 3 is 2.45 bits per heavy atom. The van der Waals surface area contributed by atoms with Crippen LogP contribution in [-0.4, -0.2) is 32.8 Å². The summed E-state index contributed by atoms with van der Waals surface area (Å²) in [7, 11) is -0.809. The van der Waals surface area contributed by atoms with Gasteiger partial charge in [-0.15, -0.1) is 0 Å². The summed E-state index contributed by atoms with van der Waals surface area (Å²) in [6.45, 7) is -0.0100. The molecule has 0 heterocycles. The van der Waals surface area contributed by atoms with E-state index in [9.17, 15) is 17.6 Å². The molecule has 0 atom stereocenters. The number of hydrogen-bond acceptors (Lipinski definition) is 4. The maximum Gasteiger partial charge on any atom is 0.255 e. The third-order valence-electron chi connectivity index (χ3n) is 4.56. The van der Waals surface area contributed by atoms with Gasteiger partial charge in [-0.1, -0.05) is 29.8 Å². The molecule has 1 N–H and O–H groups in total. The molecule has 9 heteroatoms. The van der Waals surface area contributed by atoms with Crippen LogP contribution in [0.15, 0.2) is 71.6 Å². The fourth-order valence-electron chi connectivity index (χ4n) is 2.92. The van der Waals surface area contributed by atoms with Gasteiger partial charge >= 0.3 is 0 Å². The molecule has 3 aromatic rings. The van der Waals surface area contributed by atoms with E-state index in [-0.39, 0.29) is 22.0 Å². The molecular weight excluding hydrogens is 443 g/mol. The van der Waals surface area contributed by atoms with Crippen LogP contribution in [0.4, 0.5) is 10.1 Å². The summed E-state index contributed by atoms with van der Waals surface area (Å²) in [5, 5.41) is 2.53. The number of anilines is 1. The first kappa shape index (κ1) is 22.7. The first-order valence-corrected chi connectivity index (χ1v) is 11.0. The van der Waals surface area contributed by atoms with E-state index < -0.39 is 21.7 Å². The molecule has 0 saturated heterocycles. The predicted octanol–water partition coefficient (Wildman–Crippen LogP) is 4.56. The van der Waals surface area contributed by atoms with Crippen LogP contribution in [0.2, 0.25) is 5.02 Å². The summed E-state index contributed by atoms with van der Waals surface area (Å²) in [5.74, 6) is -0.606. The van der Waals surface area contributed by atoms with E-state index in [0.29, 0.717) is 17.0 Å². The predicted molar refractivity (Wildman–Crippen MR) is 117 cm³/mol. The van der Waals surface area contributed by atoms with Crippen LogP contribution in [-0.2, 0) is 16.6 Å². The van der Waals surface area contributed by atoms with Gasteiger partial charge in [0.25, 0.3) is 5.91 Å². The zero-order valence-electron chi connectivity index (χ0n) is 16.8. The smallest absolute Gasteiger partial charge is 0.255 e. The summed E-state index contributed by atoms with van der Waals surface area (Å²) >= 11 is 5.75. The Labute approximate surface area is 185 Å². The number of nitrogens with zero attached hydrogens (tertiary/aromatic N) is 1. The number of carbonyl (C=O) groups is 1. The number of carbonyl (C=O) groups excluding carboxylic acids is 1. The second-order valence-corrected chi connectivity index (χ2v) is 9.14. The van der Waals surface area contributed by atoms with Gasteiger partial charge in [0.15, 0.2) is 0 Å². The number of benzene rings is 3. The molecule has 3 aromatic carbocycles. The van der Waals surface area contributed by atoms with E-state index in [1.807, 2.05) is 0 Å². The second-order valence-electron chi connectivity index (χ2n) is 6.68. The molecule has 3 rings (SSSR count). The van der Waals surface area contributed by atoms with Gasteiger partial charge in [0, 0.05) is 30.4 Å². The van der Waals surface area contributed by atoms with Gasteiger partial charge in [-0.2, -0.15) is 4.31 Å². The Morgan fingerprint density at radius 2 is 1.81 bits per heavy atom. The number of ether oxygens (including phenoxy) is 1. The molecular formula is C22H20ClFN2O4S. The van der Waals surface area contributed by atoms with Gasteiger partial charge < -0.3 is 10.1 Å². The zero-order chi connectivity index (χ0) is 22.6. The first-order chi connectivity index (χ1) is 14.7. The monoisotopic (exact) mass is 462 g/mol. The maximum atomic E-state index is 13.3. The molecule has 0 saturated carbocycles. The molecule has 31 heavy (non-hydrogen) atoms. The van der Waals surface area contributed by atoms with Crippen molar-refractivity contribution in [2.75, 3.05) is 19.5 Å². The lowest BCUT2D eigenvalue weighted by molar-refractivity contribution is 0.102. The lowest BCUT2D eigenvalue weighted by atomic mass is 10.1. The molecule has 0 aromatic heterocycles. The summed E-state index contributed by atoms with van der Waals surface area (Å²) in [6, 6.07) is 16.6. The fraction of sp³-hybridized carbons (Fsp3) is 0.136. The highest BCUT2D eigenvalue weighted by atomic mass is 35.5. The van der Waals surface area contributed by atoms with Gasteiger partial charge in [0.1, 0.15) is 11.6 Å². The largest absolute Gasteiger partial charge is 0.496 e. The molecule has 0 unspecified atom stereocenters. The van der Waals surface area contributed by atoms with Crippen molar-refractivity contribution in [3.63, 3.8) is 0 Å². The van der Waals surface area contributed by atoms with Crippen molar-refractivity contribution < 1.29 is 22.3 Å². The summed E-state index contributed by atoms with van der Waals surface area (Å²) in [5.41, 5.74) is 1.12. The number of rotatable bonds is 7. The van der Waals surface area contributed by atoms with Crippen molar-refractivity contribution in [2.24, 2.45) is 0 Å². The molecule has 0 fully saturated rings. The Bertz CT molecular complexity index is 1200. The van der Waals surface area contributed by atoms with Gasteiger partial charge in [-0.25, -0.2) is 12.8 Å². The lowest BCUT2D eigenvalue weighted by Crippen LogP contribution is -2.27. The maximum absolute atomic E-state index is 13.3. The molecule has 0 aliphatic heterocycles. The minimum absolute atomic E-state index is 0.0100. The number of halogens is 2. The normalized spacial score (nSPS) is 11.4. The molecule has 6 nitrogen and oxygen atoms in total. The van der Waals surface area contributed by atoms with Gasteiger partial charge in [-0.3, -0.25) is 4.79 Å². The van der Waals surface area contributed by atoms with E-state index in [1.165, 1.54) is 42.7 Å². The van der Waals surface area contributed by atoms with E-state index in [2.05, 4.69) is 5.32 Å². The highest BCUT2D eigenvalue weighted by molar-refractivity contribution is 7.89. The number of hydrogen-bond donors (Lipinski definition) is 1. The van der Waals surface area contributed by atoms with Crippen molar-refractivity contribution >= 4 is 33.2 Å². The van der Waals surface area contributed by atoms with Gasteiger partial charge in [0.05, 0.1) is 17.0 Å². The van der Waals surface area contributed by atoms with Crippen LogP contribution in [0.3, 0.4) is 0 Å². The van der Waals surface area contributed by atoms with Gasteiger partial charge in [0.2, 0.25) is 10.0 Å². The highest BCUT2D eigenvalue weighted by Crippen LogP contribution is 2.25. The van der Waals surface area contributed by atoms with E-state index in [0.717, 1.165) is 6.07 Å². The van der Waals surface area contributed by atoms with Crippen LogP contribution in [0.25, 0.3) is 0 Å². The Kier molecular flexibility index (Phi) is 6.94. The molecule has 0 aliphatic rings. The van der Waals surface area contributed by atoms with Crippen LogP contribution < -0.4 is 10.1 Å². The first-order valence-electron chi connectivity index (χ1n) is 9.17. The van der Waals surface area contributed by atoms with Crippen molar-refractivity contribution in [3.05, 3.63) is 88.7 Å². The van der Waals surface area contributed by atoms with Crippen LogP contribution in [0, 0.1) is 5.82 Å². The topological polar surface area (TPSA) is 75.7 Å². The second kappa shape index (κ2) is 9.47. The third kappa shape index (κ3) is 5.22. The molecule has 0 bridgehead atoms. The Balaban J connectivity index is 1.84. The van der Waals surface area contributed by atoms with Crippen LogP contribution >= 0.6 is 11.6 Å². The fourth-order valence-corrected chi connectivity index (χ4v) is 4.27.